The van der Waals surface area contributed by atoms with Crippen LogP contribution in [0.2, 0.25) is 0 Å². The Balaban J connectivity index is 1.96. The molecule has 0 radical (unpaired) electrons. The maximum Gasteiger partial charge on any atom is 0.255 e. The summed E-state index contributed by atoms with van der Waals surface area (Å²) < 4.78 is 26.3. The molecule has 0 aromatic heterocycles. The van der Waals surface area contributed by atoms with Crippen molar-refractivity contribution in [3.8, 4) is 0 Å². The van der Waals surface area contributed by atoms with Crippen molar-refractivity contribution in [3.05, 3.63) is 69.7 Å². The Morgan fingerprint density at radius 1 is 1.08 bits per heavy atom. The van der Waals surface area contributed by atoms with E-state index in [2.05, 4.69) is 21.2 Å². The van der Waals surface area contributed by atoms with E-state index < -0.39 is 5.82 Å². The molecule has 25 heavy (non-hydrogen) atoms. The van der Waals surface area contributed by atoms with E-state index in [9.17, 15) is 18.4 Å². The van der Waals surface area contributed by atoms with Crippen LogP contribution in [0.4, 0.5) is 8.78 Å². The molecule has 0 aliphatic carbocycles. The number of benzene rings is 2. The van der Waals surface area contributed by atoms with Gasteiger partial charge >= 0.3 is 0 Å². The molecule has 0 bridgehead atoms. The maximum atomic E-state index is 13.1. The predicted octanol–water partition coefficient (Wildman–Crippen LogP) is 3.51. The molecular formula is C18H17BrF2N2O2. The van der Waals surface area contributed by atoms with E-state index >= 15 is 0 Å². The van der Waals surface area contributed by atoms with E-state index in [0.29, 0.717) is 11.0 Å². The molecular weight excluding hydrogens is 394 g/mol. The van der Waals surface area contributed by atoms with Crippen LogP contribution in [-0.2, 0) is 11.3 Å². The first-order chi connectivity index (χ1) is 11.9. The van der Waals surface area contributed by atoms with Gasteiger partial charge in [-0.15, -0.1) is 0 Å². The Morgan fingerprint density at radius 3 is 2.32 bits per heavy atom. The number of rotatable bonds is 6. The second-order valence-electron chi connectivity index (χ2n) is 5.35. The van der Waals surface area contributed by atoms with Crippen LogP contribution in [-0.4, -0.2) is 29.8 Å². The molecule has 0 spiro atoms. The van der Waals surface area contributed by atoms with Crippen molar-refractivity contribution in [3.63, 3.8) is 0 Å². The van der Waals surface area contributed by atoms with Crippen LogP contribution in [0.1, 0.15) is 22.8 Å². The minimum absolute atomic E-state index is 0.125. The minimum atomic E-state index is -0.455. The first-order valence-corrected chi connectivity index (χ1v) is 8.45. The lowest BCUT2D eigenvalue weighted by molar-refractivity contribution is -0.121. The van der Waals surface area contributed by atoms with Crippen molar-refractivity contribution < 1.29 is 18.4 Å². The Labute approximate surface area is 153 Å². The molecule has 0 atom stereocenters. The van der Waals surface area contributed by atoms with Gasteiger partial charge in [-0.25, -0.2) is 8.78 Å². The lowest BCUT2D eigenvalue weighted by Crippen LogP contribution is -2.40. The highest BCUT2D eigenvalue weighted by Gasteiger charge is 2.19. The minimum Gasteiger partial charge on any atom is -0.350 e. The van der Waals surface area contributed by atoms with E-state index in [1.165, 1.54) is 35.2 Å². The standard InChI is InChI=1S/C18H17BrF2N2O2/c1-2-23(18(25)15-8-7-14(21)9-16(15)19)11-17(24)22-10-12-3-5-13(20)6-4-12/h3-9H,2,10-11H2,1H3,(H,22,24). The molecule has 2 aromatic rings. The molecule has 7 heteroatoms. The third kappa shape index (κ3) is 5.35. The highest BCUT2D eigenvalue weighted by molar-refractivity contribution is 9.10. The number of carbonyl (C=O) groups excluding carboxylic acids is 2. The second kappa shape index (κ2) is 8.71. The van der Waals surface area contributed by atoms with Crippen LogP contribution in [0.5, 0.6) is 0 Å². The molecule has 4 nitrogen and oxygen atoms in total. The third-order valence-corrected chi connectivity index (χ3v) is 4.22. The number of nitrogens with one attached hydrogen (secondary N) is 1. The van der Waals surface area contributed by atoms with Crippen LogP contribution in [0.25, 0.3) is 0 Å². The van der Waals surface area contributed by atoms with Crippen molar-refractivity contribution in [2.75, 3.05) is 13.1 Å². The Kier molecular flexibility index (Phi) is 6.64. The summed E-state index contributed by atoms with van der Waals surface area (Å²) >= 11 is 3.16. The summed E-state index contributed by atoms with van der Waals surface area (Å²) in [6.07, 6.45) is 0. The molecule has 2 aromatic carbocycles. The summed E-state index contributed by atoms with van der Waals surface area (Å²) in [5.74, 6) is -1.50. The monoisotopic (exact) mass is 410 g/mol. The normalized spacial score (nSPS) is 10.4. The number of likely N-dealkylation sites (N-methyl/N-ethyl adjacent to an activating group) is 1. The molecule has 0 fully saturated rings. The van der Waals surface area contributed by atoms with Gasteiger partial charge in [0.1, 0.15) is 11.6 Å². The zero-order valence-corrected chi connectivity index (χ0v) is 15.1. The average molecular weight is 411 g/mol. The molecule has 0 unspecified atom stereocenters. The fraction of sp³-hybridized carbons (Fsp3) is 0.222. The SMILES string of the molecule is CCN(CC(=O)NCc1ccc(F)cc1)C(=O)c1ccc(F)cc1Br. The maximum absolute atomic E-state index is 13.1. The Bertz CT molecular complexity index is 766. The summed E-state index contributed by atoms with van der Waals surface area (Å²) in [5.41, 5.74) is 1.04. The number of amides is 2. The number of carbonyl (C=O) groups is 2. The molecule has 132 valence electrons. The molecule has 2 amide bonds. The van der Waals surface area contributed by atoms with Gasteiger partial charge in [0.25, 0.3) is 5.91 Å². The third-order valence-electron chi connectivity index (χ3n) is 3.57. The van der Waals surface area contributed by atoms with Crippen molar-refractivity contribution in [2.24, 2.45) is 0 Å². The Hall–Kier alpha value is -2.28. The van der Waals surface area contributed by atoms with Crippen molar-refractivity contribution in [1.29, 1.82) is 0 Å². The first-order valence-electron chi connectivity index (χ1n) is 7.66. The summed E-state index contributed by atoms with van der Waals surface area (Å²) in [7, 11) is 0. The second-order valence-corrected chi connectivity index (χ2v) is 6.20. The van der Waals surface area contributed by atoms with Gasteiger partial charge in [-0.2, -0.15) is 0 Å². The van der Waals surface area contributed by atoms with Crippen LogP contribution in [0.3, 0.4) is 0 Å². The lowest BCUT2D eigenvalue weighted by Gasteiger charge is -2.21. The van der Waals surface area contributed by atoms with Gasteiger partial charge in [0.05, 0.1) is 12.1 Å². The van der Waals surface area contributed by atoms with Crippen LogP contribution >= 0.6 is 15.9 Å². The molecule has 0 aliphatic rings. The van der Waals surface area contributed by atoms with Gasteiger partial charge in [-0.1, -0.05) is 12.1 Å². The molecule has 0 saturated heterocycles. The molecule has 0 heterocycles. The number of hydrogen-bond acceptors (Lipinski definition) is 2. The molecule has 1 N–H and O–H groups in total. The van der Waals surface area contributed by atoms with Crippen LogP contribution in [0.15, 0.2) is 46.9 Å². The van der Waals surface area contributed by atoms with Gasteiger partial charge in [0, 0.05) is 17.6 Å². The number of halogens is 3. The van der Waals surface area contributed by atoms with Crippen molar-refractivity contribution >= 4 is 27.7 Å². The average Bonchev–Trinajstić information content (AvgIpc) is 2.58. The summed E-state index contributed by atoms with van der Waals surface area (Å²) in [4.78, 5) is 25.9. The smallest absolute Gasteiger partial charge is 0.255 e. The topological polar surface area (TPSA) is 49.4 Å². The fourth-order valence-corrected chi connectivity index (χ4v) is 2.71. The van der Waals surface area contributed by atoms with Gasteiger partial charge < -0.3 is 10.2 Å². The summed E-state index contributed by atoms with van der Waals surface area (Å²) in [5, 5.41) is 2.69. The molecule has 0 saturated carbocycles. The van der Waals surface area contributed by atoms with E-state index in [1.54, 1.807) is 19.1 Å². The zero-order valence-electron chi connectivity index (χ0n) is 13.6. The van der Waals surface area contributed by atoms with Gasteiger partial charge in [-0.3, -0.25) is 9.59 Å². The molecule has 0 aliphatic heterocycles. The predicted molar refractivity (Wildman–Crippen MR) is 93.9 cm³/mol. The first kappa shape index (κ1) is 19.1. The number of nitrogens with zero attached hydrogens (tertiary/aromatic N) is 1. The quantitative estimate of drug-likeness (QED) is 0.791. The van der Waals surface area contributed by atoms with Gasteiger partial charge in [0.15, 0.2) is 0 Å². The van der Waals surface area contributed by atoms with Crippen LogP contribution < -0.4 is 5.32 Å². The Morgan fingerprint density at radius 2 is 1.72 bits per heavy atom. The highest BCUT2D eigenvalue weighted by atomic mass is 79.9. The van der Waals surface area contributed by atoms with Gasteiger partial charge in [-0.05, 0) is 58.7 Å². The van der Waals surface area contributed by atoms with E-state index in [0.717, 1.165) is 5.56 Å². The zero-order chi connectivity index (χ0) is 18.4. The largest absolute Gasteiger partial charge is 0.350 e. The van der Waals surface area contributed by atoms with Crippen molar-refractivity contribution in [1.82, 2.24) is 10.2 Å². The summed E-state index contributed by atoms with van der Waals surface area (Å²) in [6.45, 7) is 2.20. The highest BCUT2D eigenvalue weighted by Crippen LogP contribution is 2.19. The fourth-order valence-electron chi connectivity index (χ4n) is 2.19. The summed E-state index contributed by atoms with van der Waals surface area (Å²) in [6, 6.07) is 9.56. The van der Waals surface area contributed by atoms with E-state index in [-0.39, 0.29) is 36.3 Å². The lowest BCUT2D eigenvalue weighted by atomic mass is 10.2. The number of hydrogen-bond donors (Lipinski definition) is 1. The van der Waals surface area contributed by atoms with E-state index in [1.807, 2.05) is 0 Å². The van der Waals surface area contributed by atoms with Crippen LogP contribution in [0, 0.1) is 11.6 Å². The van der Waals surface area contributed by atoms with Crippen molar-refractivity contribution in [2.45, 2.75) is 13.5 Å². The van der Waals surface area contributed by atoms with E-state index in [4.69, 9.17) is 0 Å². The molecule has 2 rings (SSSR count). The van der Waals surface area contributed by atoms with Gasteiger partial charge in [0.2, 0.25) is 5.91 Å².